The second-order valence-electron chi connectivity index (χ2n) is 8.02. The number of imidazole rings is 1. The van der Waals surface area contributed by atoms with Gasteiger partial charge in [0.1, 0.15) is 5.82 Å². The van der Waals surface area contributed by atoms with Crippen LogP contribution in [0.15, 0.2) is 56.6 Å². The van der Waals surface area contributed by atoms with Gasteiger partial charge in [0.15, 0.2) is 5.58 Å². The van der Waals surface area contributed by atoms with Gasteiger partial charge < -0.3 is 8.98 Å². The summed E-state index contributed by atoms with van der Waals surface area (Å²) >= 11 is 0. The predicted octanol–water partition coefficient (Wildman–Crippen LogP) is 2.85. The monoisotopic (exact) mass is 426 g/mol. The van der Waals surface area contributed by atoms with Gasteiger partial charge in [-0.1, -0.05) is 26.0 Å². The summed E-state index contributed by atoms with van der Waals surface area (Å²) in [5.74, 6) is 0.678. The minimum atomic E-state index is -3.67. The highest BCUT2D eigenvalue weighted by Crippen LogP contribution is 2.34. The van der Waals surface area contributed by atoms with Gasteiger partial charge in [0.25, 0.3) is 0 Å². The zero-order valence-corrected chi connectivity index (χ0v) is 17.8. The molecule has 30 heavy (non-hydrogen) atoms. The zero-order chi connectivity index (χ0) is 21.2. The maximum atomic E-state index is 13.2. The van der Waals surface area contributed by atoms with Crippen molar-refractivity contribution in [2.24, 2.45) is 7.05 Å². The Morgan fingerprint density at radius 2 is 1.83 bits per heavy atom. The molecule has 1 fully saturated rings. The quantitative estimate of drug-likeness (QED) is 0.501. The molecule has 156 valence electrons. The third-order valence-corrected chi connectivity index (χ3v) is 7.56. The summed E-state index contributed by atoms with van der Waals surface area (Å²) in [6.07, 6.45) is 0. The van der Waals surface area contributed by atoms with Gasteiger partial charge in [-0.15, -0.1) is 0 Å². The van der Waals surface area contributed by atoms with Crippen molar-refractivity contribution in [3.63, 3.8) is 0 Å². The number of hydrogen-bond acceptors (Lipinski definition) is 5. The third kappa shape index (κ3) is 2.73. The number of rotatable bonds is 4. The molecule has 0 radical (unpaired) electrons. The Hall–Kier alpha value is -2.91. The number of sulfonamides is 1. The van der Waals surface area contributed by atoms with Crippen LogP contribution in [0, 0.1) is 0 Å². The molecule has 0 N–H and O–H groups in total. The first kappa shape index (κ1) is 19.1. The maximum Gasteiger partial charge on any atom is 0.419 e. The minimum Gasteiger partial charge on any atom is -0.408 e. The largest absolute Gasteiger partial charge is 0.419 e. The molecule has 1 aliphatic rings. The number of oxazole rings is 1. The highest BCUT2D eigenvalue weighted by molar-refractivity contribution is 7.89. The van der Waals surface area contributed by atoms with Gasteiger partial charge in [0, 0.05) is 26.1 Å². The maximum absolute atomic E-state index is 13.2. The van der Waals surface area contributed by atoms with Crippen LogP contribution in [-0.4, -0.2) is 39.9 Å². The van der Waals surface area contributed by atoms with Gasteiger partial charge in [-0.3, -0.25) is 4.57 Å². The molecule has 2 aromatic heterocycles. The number of para-hydroxylation sites is 2. The van der Waals surface area contributed by atoms with E-state index in [-0.39, 0.29) is 16.9 Å². The molecule has 8 nitrogen and oxygen atoms in total. The summed E-state index contributed by atoms with van der Waals surface area (Å²) in [6.45, 7) is 4.94. The van der Waals surface area contributed by atoms with Gasteiger partial charge in [0.2, 0.25) is 10.0 Å². The smallest absolute Gasteiger partial charge is 0.408 e. The van der Waals surface area contributed by atoms with Gasteiger partial charge in [-0.2, -0.15) is 4.31 Å². The Kier molecular flexibility index (Phi) is 4.16. The second-order valence-corrected chi connectivity index (χ2v) is 9.95. The first-order chi connectivity index (χ1) is 14.3. The van der Waals surface area contributed by atoms with Crippen molar-refractivity contribution < 1.29 is 12.8 Å². The molecule has 9 heteroatoms. The molecule has 0 spiro atoms. The van der Waals surface area contributed by atoms with Gasteiger partial charge in [-0.05, 0) is 30.3 Å². The number of hydrogen-bond donors (Lipinski definition) is 0. The van der Waals surface area contributed by atoms with E-state index in [0.29, 0.717) is 24.2 Å². The molecule has 0 unspecified atom stereocenters. The number of aryl methyl sites for hydroxylation is 1. The van der Waals surface area contributed by atoms with Gasteiger partial charge in [-0.25, -0.2) is 18.2 Å². The van der Waals surface area contributed by atoms with Crippen molar-refractivity contribution >= 4 is 32.2 Å². The average Bonchev–Trinajstić information content (AvgIpc) is 3.19. The summed E-state index contributed by atoms with van der Waals surface area (Å²) in [6, 6.07) is 12.5. The van der Waals surface area contributed by atoms with Crippen LogP contribution in [0.25, 0.3) is 22.1 Å². The van der Waals surface area contributed by atoms with E-state index in [1.165, 1.54) is 27.1 Å². The van der Waals surface area contributed by atoms with E-state index in [9.17, 15) is 13.2 Å². The first-order valence-corrected chi connectivity index (χ1v) is 11.3. The molecule has 0 atom stereocenters. The fourth-order valence-electron chi connectivity index (χ4n) is 4.05. The Labute approximate surface area is 173 Å². The van der Waals surface area contributed by atoms with Gasteiger partial charge in [0.05, 0.1) is 27.5 Å². The summed E-state index contributed by atoms with van der Waals surface area (Å²) in [5, 5.41) is 0. The molecule has 0 bridgehead atoms. The summed E-state index contributed by atoms with van der Waals surface area (Å²) in [7, 11) is -2.11. The third-order valence-electron chi connectivity index (χ3n) is 5.73. The molecule has 2 aromatic carbocycles. The van der Waals surface area contributed by atoms with E-state index in [2.05, 4.69) is 18.4 Å². The number of nitrogens with zero attached hydrogens (tertiary/aromatic N) is 4. The van der Waals surface area contributed by atoms with Crippen molar-refractivity contribution in [2.45, 2.75) is 30.7 Å². The van der Waals surface area contributed by atoms with E-state index in [1.54, 1.807) is 7.05 Å². The zero-order valence-electron chi connectivity index (χ0n) is 16.9. The fourth-order valence-corrected chi connectivity index (χ4v) is 5.58. The van der Waals surface area contributed by atoms with Crippen LogP contribution in [0.4, 0.5) is 0 Å². The number of benzene rings is 2. The summed E-state index contributed by atoms with van der Waals surface area (Å²) < 4.78 is 36.4. The van der Waals surface area contributed by atoms with E-state index in [0.717, 1.165) is 16.9 Å². The number of aromatic nitrogens is 3. The molecule has 5 rings (SSSR count). The van der Waals surface area contributed by atoms with Crippen LogP contribution < -0.4 is 5.76 Å². The van der Waals surface area contributed by atoms with E-state index in [1.807, 2.05) is 24.3 Å². The van der Waals surface area contributed by atoms with Crippen LogP contribution in [0.3, 0.4) is 0 Å². The Morgan fingerprint density at radius 3 is 2.57 bits per heavy atom. The highest BCUT2D eigenvalue weighted by Gasteiger charge is 2.39. The SMILES string of the molecule is CC(C)c1nc2ccccc2n1C1CN(S(=O)(=O)c2ccc3oc(=O)n(C)c3c2)C1. The highest BCUT2D eigenvalue weighted by atomic mass is 32.2. The number of fused-ring (bicyclic) bond motifs is 2. The first-order valence-electron chi connectivity index (χ1n) is 9.84. The fraction of sp³-hybridized carbons (Fsp3) is 0.333. The van der Waals surface area contributed by atoms with Crippen molar-refractivity contribution in [3.05, 3.63) is 58.8 Å². The van der Waals surface area contributed by atoms with Crippen LogP contribution in [0.2, 0.25) is 0 Å². The normalized spacial score (nSPS) is 16.0. The lowest BCUT2D eigenvalue weighted by molar-refractivity contribution is 0.204. The standard InChI is InChI=1S/C21H22N4O4S/c1-13(2)20-22-16-6-4-5-7-17(16)25(20)14-11-24(12-14)30(27,28)15-8-9-19-18(10-15)23(3)21(26)29-19/h4-10,13-14H,11-12H2,1-3H3. The van der Waals surface area contributed by atoms with Gasteiger partial charge >= 0.3 is 5.76 Å². The van der Waals surface area contributed by atoms with Crippen molar-refractivity contribution in [1.82, 2.24) is 18.4 Å². The Balaban J connectivity index is 1.47. The van der Waals surface area contributed by atoms with E-state index < -0.39 is 15.8 Å². The van der Waals surface area contributed by atoms with Crippen LogP contribution in [-0.2, 0) is 17.1 Å². The Bertz CT molecular complexity index is 1440. The lowest BCUT2D eigenvalue weighted by Gasteiger charge is -2.40. The molecule has 0 amide bonds. The molecule has 1 saturated heterocycles. The predicted molar refractivity (Wildman–Crippen MR) is 113 cm³/mol. The lowest BCUT2D eigenvalue weighted by Crippen LogP contribution is -2.50. The molecule has 0 saturated carbocycles. The average molecular weight is 426 g/mol. The summed E-state index contributed by atoms with van der Waals surface area (Å²) in [5.41, 5.74) is 2.78. The second kappa shape index (κ2) is 6.55. The summed E-state index contributed by atoms with van der Waals surface area (Å²) in [4.78, 5) is 16.6. The molecule has 3 heterocycles. The van der Waals surface area contributed by atoms with Crippen LogP contribution in [0.1, 0.15) is 31.6 Å². The van der Waals surface area contributed by atoms with E-state index >= 15 is 0 Å². The van der Waals surface area contributed by atoms with Crippen molar-refractivity contribution in [3.8, 4) is 0 Å². The van der Waals surface area contributed by atoms with Crippen LogP contribution in [0.5, 0.6) is 0 Å². The molecule has 0 aliphatic carbocycles. The van der Waals surface area contributed by atoms with Crippen molar-refractivity contribution in [2.75, 3.05) is 13.1 Å². The molecule has 4 aromatic rings. The van der Waals surface area contributed by atoms with E-state index in [4.69, 9.17) is 9.40 Å². The minimum absolute atomic E-state index is 0.0339. The van der Waals surface area contributed by atoms with Crippen molar-refractivity contribution in [1.29, 1.82) is 0 Å². The van der Waals surface area contributed by atoms with Crippen LogP contribution >= 0.6 is 0 Å². The molecule has 1 aliphatic heterocycles. The topological polar surface area (TPSA) is 90.3 Å². The Morgan fingerprint density at radius 1 is 1.10 bits per heavy atom. The lowest BCUT2D eigenvalue weighted by atomic mass is 10.1. The molecular formula is C21H22N4O4S. The molecular weight excluding hydrogens is 404 g/mol.